The van der Waals surface area contributed by atoms with E-state index >= 15 is 0 Å². The molecule has 1 saturated heterocycles. The molecule has 2 fully saturated rings. The summed E-state index contributed by atoms with van der Waals surface area (Å²) in [6, 6.07) is 25.1. The highest BCUT2D eigenvalue weighted by Crippen LogP contribution is 2.35. The molecule has 1 heterocycles. The average Bonchev–Trinajstić information content (AvgIpc) is 3.88. The summed E-state index contributed by atoms with van der Waals surface area (Å²) in [4.78, 5) is 27.8. The molecule has 4 atom stereocenters. The van der Waals surface area contributed by atoms with Gasteiger partial charge in [0.2, 0.25) is 0 Å². The van der Waals surface area contributed by atoms with Crippen molar-refractivity contribution in [3.8, 4) is 0 Å². The zero-order valence-corrected chi connectivity index (χ0v) is 26.3. The lowest BCUT2D eigenvalue weighted by atomic mass is 9.84. The molecule has 5 nitrogen and oxygen atoms in total. The normalized spacial score (nSPS) is 18.5. The van der Waals surface area contributed by atoms with E-state index in [-0.39, 0.29) is 23.7 Å². The van der Waals surface area contributed by atoms with Crippen LogP contribution in [-0.2, 0) is 11.2 Å². The van der Waals surface area contributed by atoms with Crippen LogP contribution in [0.15, 0.2) is 72.8 Å². The molecule has 0 bridgehead atoms. The monoisotopic (exact) mass is 580 g/mol. The van der Waals surface area contributed by atoms with Gasteiger partial charge in [-0.2, -0.15) is 0 Å². The van der Waals surface area contributed by atoms with Gasteiger partial charge in [0.25, 0.3) is 0 Å². The van der Waals surface area contributed by atoms with Crippen molar-refractivity contribution in [2.45, 2.75) is 78.2 Å². The average molecular weight is 581 g/mol. The molecule has 1 saturated carbocycles. The van der Waals surface area contributed by atoms with E-state index in [4.69, 9.17) is 0 Å². The second-order valence-electron chi connectivity index (χ2n) is 13.3. The van der Waals surface area contributed by atoms with Crippen LogP contribution in [0.3, 0.4) is 0 Å². The van der Waals surface area contributed by atoms with E-state index in [9.17, 15) is 14.7 Å². The number of piperidine rings is 1. The summed E-state index contributed by atoms with van der Waals surface area (Å²) in [6.07, 6.45) is 5.09. The van der Waals surface area contributed by atoms with Crippen molar-refractivity contribution < 1.29 is 14.7 Å². The number of nitrogens with zero attached hydrogens (tertiary/aromatic N) is 1. The van der Waals surface area contributed by atoms with E-state index < -0.39 is 0 Å². The highest BCUT2D eigenvalue weighted by atomic mass is 16.3. The summed E-state index contributed by atoms with van der Waals surface area (Å²) in [5.74, 6) is 1.80. The molecule has 3 aromatic carbocycles. The van der Waals surface area contributed by atoms with Crippen molar-refractivity contribution in [3.63, 3.8) is 0 Å². The van der Waals surface area contributed by atoms with Crippen LogP contribution in [0.4, 0.5) is 17.1 Å². The number of hydrogen-bond donors (Lipinski definition) is 2. The molecule has 5 rings (SSSR count). The topological polar surface area (TPSA) is 69.6 Å². The molecular formula is C38H48N2O3. The van der Waals surface area contributed by atoms with E-state index in [0.717, 1.165) is 67.8 Å². The maximum Gasteiger partial charge on any atom is 0.165 e. The fourth-order valence-electron chi connectivity index (χ4n) is 6.19. The summed E-state index contributed by atoms with van der Waals surface area (Å²) >= 11 is 0. The van der Waals surface area contributed by atoms with Gasteiger partial charge in [-0.05, 0) is 110 Å². The lowest BCUT2D eigenvalue weighted by molar-refractivity contribution is -0.121. The number of rotatable bonds is 13. The van der Waals surface area contributed by atoms with Crippen LogP contribution in [0.5, 0.6) is 0 Å². The molecule has 0 aromatic heterocycles. The first-order chi connectivity index (χ1) is 20.7. The number of hydrogen-bond acceptors (Lipinski definition) is 5. The van der Waals surface area contributed by atoms with Gasteiger partial charge < -0.3 is 15.3 Å². The van der Waals surface area contributed by atoms with Crippen molar-refractivity contribution in [1.29, 1.82) is 0 Å². The lowest BCUT2D eigenvalue weighted by Gasteiger charge is -2.31. The number of carbonyl (C=O) groups excluding carboxylic acids is 2. The van der Waals surface area contributed by atoms with E-state index in [1.807, 2.05) is 31.2 Å². The molecule has 0 radical (unpaired) electrons. The standard InChI is InChI=1S/C38H48N2O3/c1-25(28(4)38(43)32-11-17-35(18-12-32)40-21-19-36(41)20-22-40)23-29-5-13-33(14-6-29)39-34-15-9-30(10-16-34)27(3)26(2)24-37(42)31-7-8-31/h5-6,9-18,25-28,31,36,39,41H,7-8,19-24H2,1-4H3. The molecule has 1 aliphatic carbocycles. The number of carbonyl (C=O) groups is 2. The number of nitrogens with one attached hydrogen (secondary N) is 1. The predicted octanol–water partition coefficient (Wildman–Crippen LogP) is 8.20. The van der Waals surface area contributed by atoms with Gasteiger partial charge in [0.05, 0.1) is 6.10 Å². The minimum absolute atomic E-state index is 0.0794. The highest BCUT2D eigenvalue weighted by Gasteiger charge is 2.31. The van der Waals surface area contributed by atoms with Crippen molar-refractivity contribution in [2.75, 3.05) is 23.3 Å². The number of anilines is 3. The molecular weight excluding hydrogens is 532 g/mol. The Morgan fingerprint density at radius 2 is 1.37 bits per heavy atom. The van der Waals surface area contributed by atoms with Gasteiger partial charge in [0.1, 0.15) is 5.78 Å². The van der Waals surface area contributed by atoms with E-state index in [0.29, 0.717) is 30.0 Å². The molecule has 2 N–H and O–H groups in total. The smallest absolute Gasteiger partial charge is 0.165 e. The van der Waals surface area contributed by atoms with Gasteiger partial charge in [-0.1, -0.05) is 52.0 Å². The Bertz CT molecular complexity index is 1350. The zero-order chi connectivity index (χ0) is 30.5. The van der Waals surface area contributed by atoms with Crippen LogP contribution in [0.2, 0.25) is 0 Å². The Kier molecular flexibility index (Phi) is 10.0. The first-order valence-corrected chi connectivity index (χ1v) is 16.2. The maximum atomic E-state index is 13.3. The van der Waals surface area contributed by atoms with E-state index in [2.05, 4.69) is 79.5 Å². The molecule has 3 aromatic rings. The van der Waals surface area contributed by atoms with Gasteiger partial charge in [-0.15, -0.1) is 0 Å². The fraction of sp³-hybridized carbons (Fsp3) is 0.474. The van der Waals surface area contributed by atoms with Crippen molar-refractivity contribution >= 4 is 28.6 Å². The molecule has 0 amide bonds. The van der Waals surface area contributed by atoms with Gasteiger partial charge in [-0.3, -0.25) is 9.59 Å². The Morgan fingerprint density at radius 1 is 0.791 bits per heavy atom. The minimum Gasteiger partial charge on any atom is -0.393 e. The quantitative estimate of drug-likeness (QED) is 0.200. The molecule has 0 spiro atoms. The summed E-state index contributed by atoms with van der Waals surface area (Å²) in [7, 11) is 0. The number of ketones is 2. The summed E-state index contributed by atoms with van der Waals surface area (Å²) in [6.45, 7) is 10.3. The largest absolute Gasteiger partial charge is 0.393 e. The Balaban J connectivity index is 1.10. The van der Waals surface area contributed by atoms with Crippen LogP contribution < -0.4 is 10.2 Å². The van der Waals surface area contributed by atoms with Crippen LogP contribution >= 0.6 is 0 Å². The molecule has 228 valence electrons. The number of Topliss-reactive ketones (excluding diaryl/α,β-unsaturated/α-hetero) is 2. The molecule has 5 heteroatoms. The summed E-state index contributed by atoms with van der Waals surface area (Å²) < 4.78 is 0. The van der Waals surface area contributed by atoms with Gasteiger partial charge >= 0.3 is 0 Å². The third kappa shape index (κ3) is 8.14. The summed E-state index contributed by atoms with van der Waals surface area (Å²) in [5, 5.41) is 13.3. The lowest BCUT2D eigenvalue weighted by Crippen LogP contribution is -2.35. The first-order valence-electron chi connectivity index (χ1n) is 16.2. The maximum absolute atomic E-state index is 13.3. The molecule has 43 heavy (non-hydrogen) atoms. The Hall–Kier alpha value is -3.44. The molecule has 4 unspecified atom stereocenters. The Labute approximate surface area is 257 Å². The number of aliphatic hydroxyl groups excluding tert-OH is 1. The highest BCUT2D eigenvalue weighted by molar-refractivity contribution is 5.98. The van der Waals surface area contributed by atoms with Crippen molar-refractivity contribution in [3.05, 3.63) is 89.5 Å². The van der Waals surface area contributed by atoms with Gasteiger partial charge in [0, 0.05) is 54.0 Å². The van der Waals surface area contributed by atoms with Crippen molar-refractivity contribution in [1.82, 2.24) is 0 Å². The minimum atomic E-state index is -0.191. The van der Waals surface area contributed by atoms with Gasteiger partial charge in [0.15, 0.2) is 5.78 Å². The zero-order valence-electron chi connectivity index (χ0n) is 26.3. The van der Waals surface area contributed by atoms with Crippen LogP contribution in [0.25, 0.3) is 0 Å². The number of aliphatic hydroxyl groups is 1. The molecule has 2 aliphatic rings. The predicted molar refractivity (Wildman–Crippen MR) is 176 cm³/mol. The Morgan fingerprint density at radius 3 is 1.95 bits per heavy atom. The third-order valence-electron chi connectivity index (χ3n) is 9.89. The molecule has 1 aliphatic heterocycles. The van der Waals surface area contributed by atoms with Crippen LogP contribution in [0.1, 0.15) is 87.2 Å². The SMILES string of the molecule is CC(Cc1ccc(Nc2ccc(C(C)C(C)CC(=O)C3CC3)cc2)cc1)C(C)C(=O)c1ccc(N2CCC(O)CC2)cc1. The third-order valence-corrected chi connectivity index (χ3v) is 9.89. The van der Waals surface area contributed by atoms with E-state index in [1.165, 1.54) is 11.1 Å². The second kappa shape index (κ2) is 13.9. The van der Waals surface area contributed by atoms with Crippen LogP contribution in [0, 0.1) is 23.7 Å². The van der Waals surface area contributed by atoms with Crippen molar-refractivity contribution in [2.24, 2.45) is 23.7 Å². The van der Waals surface area contributed by atoms with Gasteiger partial charge in [-0.25, -0.2) is 0 Å². The summed E-state index contributed by atoms with van der Waals surface area (Å²) in [5.41, 5.74) is 6.46. The first kappa shape index (κ1) is 31.0. The fourth-order valence-corrected chi connectivity index (χ4v) is 6.19. The number of benzene rings is 3. The second-order valence-corrected chi connectivity index (χ2v) is 13.3. The van der Waals surface area contributed by atoms with Crippen LogP contribution in [-0.4, -0.2) is 35.9 Å². The van der Waals surface area contributed by atoms with E-state index in [1.54, 1.807) is 0 Å².